The van der Waals surface area contributed by atoms with Gasteiger partial charge in [-0.3, -0.25) is 9.69 Å². The minimum Gasteiger partial charge on any atom is -0.341 e. The summed E-state index contributed by atoms with van der Waals surface area (Å²) in [6.45, 7) is 7.89. The molecule has 2 fully saturated rings. The second kappa shape index (κ2) is 8.47. The van der Waals surface area contributed by atoms with Crippen molar-refractivity contribution in [1.29, 1.82) is 0 Å². The van der Waals surface area contributed by atoms with E-state index in [9.17, 15) is 13.2 Å². The van der Waals surface area contributed by atoms with Crippen LogP contribution in [0.4, 0.5) is 0 Å². The topological polar surface area (TPSA) is 60.9 Å². The number of carbonyl (C=O) groups is 1. The predicted octanol–water partition coefficient (Wildman–Crippen LogP) is 2.29. The smallest absolute Gasteiger partial charge is 0.243 e. The van der Waals surface area contributed by atoms with Crippen molar-refractivity contribution < 1.29 is 13.2 Å². The molecular weight excluding hydrogens is 386 g/mol. The van der Waals surface area contributed by atoms with Crippen LogP contribution in [-0.4, -0.2) is 73.7 Å². The largest absolute Gasteiger partial charge is 0.341 e. The molecule has 0 aliphatic carbocycles. The molecule has 2 aliphatic rings. The summed E-state index contributed by atoms with van der Waals surface area (Å²) in [5.74, 6) is 0.777. The minimum atomic E-state index is -3.55. The molecule has 0 aromatic heterocycles. The molecule has 0 bridgehead atoms. The highest BCUT2D eigenvalue weighted by molar-refractivity contribution is 7.89. The van der Waals surface area contributed by atoms with E-state index in [2.05, 4.69) is 18.7 Å². The van der Waals surface area contributed by atoms with Crippen molar-refractivity contribution in [3.05, 3.63) is 29.3 Å². The van der Waals surface area contributed by atoms with Gasteiger partial charge in [0.1, 0.15) is 0 Å². The molecule has 2 aliphatic heterocycles. The lowest BCUT2D eigenvalue weighted by atomic mass is 10.1. The van der Waals surface area contributed by atoms with Gasteiger partial charge in [-0.05, 0) is 37.0 Å². The molecule has 1 atom stereocenters. The van der Waals surface area contributed by atoms with Crippen molar-refractivity contribution in [2.24, 2.45) is 5.92 Å². The standard InChI is InChI=1S/C19H28ClN3O3S/c1-15(2)6-8-22-9-7-18(19(22)24)21-10-12-23(13-11-21)27(25,26)17-5-3-4-16(20)14-17/h3-5,14-15,18H,6-13H2,1-2H3. The van der Waals surface area contributed by atoms with Crippen LogP contribution in [0.1, 0.15) is 26.7 Å². The summed E-state index contributed by atoms with van der Waals surface area (Å²) in [7, 11) is -3.55. The molecule has 0 saturated carbocycles. The Bertz CT molecular complexity index is 776. The zero-order valence-electron chi connectivity index (χ0n) is 16.0. The van der Waals surface area contributed by atoms with Gasteiger partial charge in [-0.1, -0.05) is 31.5 Å². The lowest BCUT2D eigenvalue weighted by molar-refractivity contribution is -0.132. The summed E-state index contributed by atoms with van der Waals surface area (Å²) in [4.78, 5) is 17.0. The van der Waals surface area contributed by atoms with Crippen molar-refractivity contribution in [2.45, 2.75) is 37.6 Å². The molecule has 27 heavy (non-hydrogen) atoms. The number of halogens is 1. The average molecular weight is 414 g/mol. The lowest BCUT2D eigenvalue weighted by Gasteiger charge is -2.36. The first-order valence-corrected chi connectivity index (χ1v) is 11.4. The van der Waals surface area contributed by atoms with E-state index < -0.39 is 10.0 Å². The number of hydrogen-bond acceptors (Lipinski definition) is 4. The minimum absolute atomic E-state index is 0.104. The number of likely N-dealkylation sites (tertiary alicyclic amines) is 1. The second-order valence-electron chi connectivity index (χ2n) is 7.71. The van der Waals surface area contributed by atoms with Crippen molar-refractivity contribution in [3.63, 3.8) is 0 Å². The maximum absolute atomic E-state index is 12.8. The Labute approximate surface area is 167 Å². The molecule has 150 valence electrons. The maximum atomic E-state index is 12.8. The molecule has 2 heterocycles. The van der Waals surface area contributed by atoms with Gasteiger partial charge >= 0.3 is 0 Å². The molecule has 1 aromatic carbocycles. The third-order valence-electron chi connectivity index (χ3n) is 5.39. The Hall–Kier alpha value is -1.15. The van der Waals surface area contributed by atoms with Crippen molar-refractivity contribution >= 4 is 27.5 Å². The zero-order valence-corrected chi connectivity index (χ0v) is 17.5. The summed E-state index contributed by atoms with van der Waals surface area (Å²) in [6.07, 6.45) is 1.85. The molecule has 1 unspecified atom stereocenters. The fraction of sp³-hybridized carbons (Fsp3) is 0.632. The first kappa shape index (κ1) is 20.6. The molecule has 1 aromatic rings. The fourth-order valence-electron chi connectivity index (χ4n) is 3.73. The first-order valence-electron chi connectivity index (χ1n) is 9.57. The van der Waals surface area contributed by atoms with Gasteiger partial charge in [-0.2, -0.15) is 4.31 Å². The molecule has 3 rings (SSSR count). The number of rotatable bonds is 6. The Morgan fingerprint density at radius 1 is 1.15 bits per heavy atom. The van der Waals surface area contributed by atoms with E-state index in [1.165, 1.54) is 10.4 Å². The van der Waals surface area contributed by atoms with Crippen LogP contribution in [0.3, 0.4) is 0 Å². The molecule has 0 radical (unpaired) electrons. The van der Waals surface area contributed by atoms with E-state index in [1.54, 1.807) is 18.2 Å². The van der Waals surface area contributed by atoms with Gasteiger partial charge < -0.3 is 4.90 Å². The predicted molar refractivity (Wildman–Crippen MR) is 106 cm³/mol. The monoisotopic (exact) mass is 413 g/mol. The van der Waals surface area contributed by atoms with Crippen LogP contribution in [0.25, 0.3) is 0 Å². The number of benzene rings is 1. The Morgan fingerprint density at radius 2 is 1.85 bits per heavy atom. The second-order valence-corrected chi connectivity index (χ2v) is 10.1. The molecule has 8 heteroatoms. The maximum Gasteiger partial charge on any atom is 0.243 e. The molecule has 2 saturated heterocycles. The van der Waals surface area contributed by atoms with Gasteiger partial charge in [0, 0.05) is 44.3 Å². The van der Waals surface area contributed by atoms with Gasteiger partial charge in [0.25, 0.3) is 0 Å². The number of hydrogen-bond donors (Lipinski definition) is 0. The molecule has 6 nitrogen and oxygen atoms in total. The number of nitrogens with zero attached hydrogens (tertiary/aromatic N) is 3. The Kier molecular flexibility index (Phi) is 6.46. The van der Waals surface area contributed by atoms with Gasteiger partial charge in [-0.25, -0.2) is 8.42 Å². The van der Waals surface area contributed by atoms with Crippen LogP contribution in [0, 0.1) is 5.92 Å². The van der Waals surface area contributed by atoms with Crippen molar-refractivity contribution in [2.75, 3.05) is 39.3 Å². The Balaban J connectivity index is 1.58. The van der Waals surface area contributed by atoms with E-state index in [-0.39, 0.29) is 16.8 Å². The highest BCUT2D eigenvalue weighted by Gasteiger charge is 2.38. The van der Waals surface area contributed by atoms with Crippen LogP contribution in [0.2, 0.25) is 5.02 Å². The first-order chi connectivity index (χ1) is 12.8. The summed E-state index contributed by atoms with van der Waals surface area (Å²) in [5, 5.41) is 0.410. The summed E-state index contributed by atoms with van der Waals surface area (Å²) in [6, 6.07) is 6.26. The van der Waals surface area contributed by atoms with Crippen LogP contribution in [-0.2, 0) is 14.8 Å². The number of piperazine rings is 1. The van der Waals surface area contributed by atoms with Crippen molar-refractivity contribution in [1.82, 2.24) is 14.1 Å². The molecule has 1 amide bonds. The third kappa shape index (κ3) is 4.65. The molecule has 0 spiro atoms. The molecular formula is C19H28ClN3O3S. The van der Waals surface area contributed by atoms with E-state index in [0.717, 1.165) is 25.9 Å². The van der Waals surface area contributed by atoms with E-state index in [1.807, 2.05) is 4.90 Å². The fourth-order valence-corrected chi connectivity index (χ4v) is 5.45. The van der Waals surface area contributed by atoms with Crippen LogP contribution in [0.5, 0.6) is 0 Å². The third-order valence-corrected chi connectivity index (χ3v) is 7.52. The van der Waals surface area contributed by atoms with E-state index >= 15 is 0 Å². The lowest BCUT2D eigenvalue weighted by Crippen LogP contribution is -2.53. The highest BCUT2D eigenvalue weighted by Crippen LogP contribution is 2.24. The van der Waals surface area contributed by atoms with E-state index in [0.29, 0.717) is 37.1 Å². The van der Waals surface area contributed by atoms with Crippen LogP contribution >= 0.6 is 11.6 Å². The summed E-state index contributed by atoms with van der Waals surface area (Å²) >= 11 is 5.94. The van der Waals surface area contributed by atoms with E-state index in [4.69, 9.17) is 11.6 Å². The zero-order chi connectivity index (χ0) is 19.6. The summed E-state index contributed by atoms with van der Waals surface area (Å²) < 4.78 is 27.1. The summed E-state index contributed by atoms with van der Waals surface area (Å²) in [5.41, 5.74) is 0. The number of amides is 1. The van der Waals surface area contributed by atoms with Crippen LogP contribution in [0.15, 0.2) is 29.2 Å². The molecule has 0 N–H and O–H groups in total. The van der Waals surface area contributed by atoms with Crippen molar-refractivity contribution in [3.8, 4) is 0 Å². The van der Waals surface area contributed by atoms with Gasteiger partial charge in [0.05, 0.1) is 10.9 Å². The van der Waals surface area contributed by atoms with Crippen LogP contribution < -0.4 is 0 Å². The number of carbonyl (C=O) groups excluding carboxylic acids is 1. The average Bonchev–Trinajstić information content (AvgIpc) is 3.00. The quantitative estimate of drug-likeness (QED) is 0.717. The van der Waals surface area contributed by atoms with Gasteiger partial charge in [0.15, 0.2) is 0 Å². The Morgan fingerprint density at radius 3 is 2.48 bits per heavy atom. The van der Waals surface area contributed by atoms with Gasteiger partial charge in [0.2, 0.25) is 15.9 Å². The van der Waals surface area contributed by atoms with Gasteiger partial charge in [-0.15, -0.1) is 0 Å². The highest BCUT2D eigenvalue weighted by atomic mass is 35.5. The SMILES string of the molecule is CC(C)CCN1CCC(N2CCN(S(=O)(=O)c3cccc(Cl)c3)CC2)C1=O. The number of sulfonamides is 1. The normalized spacial score (nSPS) is 22.7.